The third-order valence-corrected chi connectivity index (χ3v) is 3.51. The molecule has 0 unspecified atom stereocenters. The quantitative estimate of drug-likeness (QED) is 0.612. The molecular formula is C13H15N3S. The van der Waals surface area contributed by atoms with E-state index in [1.165, 1.54) is 5.56 Å². The molecule has 1 heterocycles. The summed E-state index contributed by atoms with van der Waals surface area (Å²) in [6, 6.07) is 8.21. The molecule has 88 valence electrons. The van der Waals surface area contributed by atoms with Crippen molar-refractivity contribution >= 4 is 11.8 Å². The molecule has 0 atom stereocenters. The van der Waals surface area contributed by atoms with Gasteiger partial charge in [-0.15, -0.1) is 10.2 Å². The van der Waals surface area contributed by atoms with Crippen LogP contribution in [0.25, 0.3) is 5.69 Å². The lowest BCUT2D eigenvalue weighted by Gasteiger charge is -2.08. The molecule has 0 aliphatic heterocycles. The lowest BCUT2D eigenvalue weighted by atomic mass is 10.2. The van der Waals surface area contributed by atoms with Crippen molar-refractivity contribution in [1.29, 1.82) is 0 Å². The van der Waals surface area contributed by atoms with Gasteiger partial charge < -0.3 is 0 Å². The van der Waals surface area contributed by atoms with Crippen molar-refractivity contribution in [3.63, 3.8) is 0 Å². The summed E-state index contributed by atoms with van der Waals surface area (Å²) in [5.41, 5.74) is 3.47. The van der Waals surface area contributed by atoms with E-state index in [0.717, 1.165) is 22.2 Å². The number of rotatable bonds is 4. The van der Waals surface area contributed by atoms with Gasteiger partial charge in [-0.2, -0.15) is 0 Å². The number of nitrogens with zero attached hydrogens (tertiary/aromatic N) is 3. The van der Waals surface area contributed by atoms with Gasteiger partial charge in [0.15, 0.2) is 5.16 Å². The van der Waals surface area contributed by atoms with Crippen molar-refractivity contribution in [3.8, 4) is 5.69 Å². The fourth-order valence-corrected chi connectivity index (χ4v) is 2.27. The van der Waals surface area contributed by atoms with E-state index in [1.807, 2.05) is 23.6 Å². The molecule has 0 aliphatic rings. The van der Waals surface area contributed by atoms with Gasteiger partial charge in [0.05, 0.1) is 5.69 Å². The molecular weight excluding hydrogens is 230 g/mol. The van der Waals surface area contributed by atoms with E-state index >= 15 is 0 Å². The minimum Gasteiger partial charge on any atom is -0.276 e. The van der Waals surface area contributed by atoms with Crippen molar-refractivity contribution in [3.05, 3.63) is 48.3 Å². The Bertz CT molecular complexity index is 531. The van der Waals surface area contributed by atoms with Crippen LogP contribution in [0.4, 0.5) is 0 Å². The van der Waals surface area contributed by atoms with Gasteiger partial charge in [-0.25, -0.2) is 0 Å². The molecule has 1 aromatic carbocycles. The van der Waals surface area contributed by atoms with Crippen LogP contribution in [0, 0.1) is 6.92 Å². The lowest BCUT2D eigenvalue weighted by molar-refractivity contribution is 0.879. The smallest absolute Gasteiger partial charge is 0.195 e. The normalized spacial score (nSPS) is 10.5. The topological polar surface area (TPSA) is 30.7 Å². The summed E-state index contributed by atoms with van der Waals surface area (Å²) in [6.45, 7) is 8.00. The van der Waals surface area contributed by atoms with E-state index in [1.54, 1.807) is 18.1 Å². The van der Waals surface area contributed by atoms with Gasteiger partial charge in [-0.1, -0.05) is 42.1 Å². The van der Waals surface area contributed by atoms with Gasteiger partial charge >= 0.3 is 0 Å². The van der Waals surface area contributed by atoms with Crippen LogP contribution < -0.4 is 0 Å². The number of hydrogen-bond donors (Lipinski definition) is 0. The van der Waals surface area contributed by atoms with Crippen molar-refractivity contribution < 1.29 is 0 Å². The highest BCUT2D eigenvalue weighted by Gasteiger charge is 2.08. The van der Waals surface area contributed by atoms with E-state index in [4.69, 9.17) is 0 Å². The highest BCUT2D eigenvalue weighted by Crippen LogP contribution is 2.22. The number of benzene rings is 1. The molecule has 0 saturated heterocycles. The average Bonchev–Trinajstić information content (AvgIpc) is 2.75. The highest BCUT2D eigenvalue weighted by atomic mass is 32.2. The number of hydrogen-bond acceptors (Lipinski definition) is 3. The van der Waals surface area contributed by atoms with E-state index in [-0.39, 0.29) is 0 Å². The second kappa shape index (κ2) is 5.19. The fraction of sp³-hybridized carbons (Fsp3) is 0.231. The zero-order chi connectivity index (χ0) is 12.3. The van der Waals surface area contributed by atoms with Crippen LogP contribution >= 0.6 is 11.8 Å². The zero-order valence-electron chi connectivity index (χ0n) is 10.1. The summed E-state index contributed by atoms with van der Waals surface area (Å²) in [5.74, 6) is 0.866. The Labute approximate surface area is 106 Å². The third kappa shape index (κ3) is 2.77. The molecule has 0 bridgehead atoms. The van der Waals surface area contributed by atoms with Crippen molar-refractivity contribution in [1.82, 2.24) is 14.8 Å². The summed E-state index contributed by atoms with van der Waals surface area (Å²) < 4.78 is 2.02. The molecule has 0 saturated carbocycles. The van der Waals surface area contributed by atoms with Crippen LogP contribution in [0.5, 0.6) is 0 Å². The first-order chi connectivity index (χ1) is 8.18. The summed E-state index contributed by atoms with van der Waals surface area (Å²) in [6.07, 6.45) is 1.75. The number of aryl methyl sites for hydroxylation is 1. The zero-order valence-corrected chi connectivity index (χ0v) is 10.9. The molecule has 17 heavy (non-hydrogen) atoms. The Morgan fingerprint density at radius 1 is 1.41 bits per heavy atom. The van der Waals surface area contributed by atoms with Crippen LogP contribution in [0.1, 0.15) is 12.5 Å². The van der Waals surface area contributed by atoms with Gasteiger partial charge in [0.1, 0.15) is 6.33 Å². The van der Waals surface area contributed by atoms with E-state index in [9.17, 15) is 0 Å². The summed E-state index contributed by atoms with van der Waals surface area (Å²) >= 11 is 1.66. The van der Waals surface area contributed by atoms with Crippen molar-refractivity contribution in [2.75, 3.05) is 5.75 Å². The second-order valence-electron chi connectivity index (χ2n) is 4.02. The number of aromatic nitrogens is 3. The lowest BCUT2D eigenvalue weighted by Crippen LogP contribution is -1.98. The minimum atomic E-state index is 0.866. The summed E-state index contributed by atoms with van der Waals surface area (Å²) in [4.78, 5) is 0. The average molecular weight is 245 g/mol. The Morgan fingerprint density at radius 3 is 2.88 bits per heavy atom. The van der Waals surface area contributed by atoms with Crippen molar-refractivity contribution in [2.24, 2.45) is 0 Å². The molecule has 0 N–H and O–H groups in total. The molecule has 0 radical (unpaired) electrons. The molecule has 0 fully saturated rings. The SMILES string of the molecule is C=C(C)CSc1nncn1-c1ccccc1C. The van der Waals surface area contributed by atoms with Crippen LogP contribution in [0.3, 0.4) is 0 Å². The Hall–Kier alpha value is -1.55. The fourth-order valence-electron chi connectivity index (χ4n) is 1.51. The first kappa shape index (κ1) is 11.9. The number of thioether (sulfide) groups is 1. The van der Waals surface area contributed by atoms with Gasteiger partial charge in [-0.3, -0.25) is 4.57 Å². The third-order valence-electron chi connectivity index (χ3n) is 2.34. The van der Waals surface area contributed by atoms with Crippen molar-refractivity contribution in [2.45, 2.75) is 19.0 Å². The molecule has 2 rings (SSSR count). The summed E-state index contributed by atoms with van der Waals surface area (Å²) in [5, 5.41) is 9.03. The molecule has 1 aromatic heterocycles. The molecule has 0 aliphatic carbocycles. The van der Waals surface area contributed by atoms with Crippen LogP contribution in [0.2, 0.25) is 0 Å². The molecule has 3 nitrogen and oxygen atoms in total. The number of para-hydroxylation sites is 1. The Kier molecular flexibility index (Phi) is 3.64. The second-order valence-corrected chi connectivity index (χ2v) is 4.96. The Balaban J connectivity index is 2.31. The molecule has 2 aromatic rings. The largest absolute Gasteiger partial charge is 0.276 e. The highest BCUT2D eigenvalue weighted by molar-refractivity contribution is 7.99. The maximum absolute atomic E-state index is 4.14. The predicted octanol–water partition coefficient (Wildman–Crippen LogP) is 3.24. The Morgan fingerprint density at radius 2 is 2.18 bits per heavy atom. The standard InChI is InChI=1S/C13H15N3S/c1-10(2)8-17-13-15-14-9-16(13)12-7-5-4-6-11(12)3/h4-7,9H,1,8H2,2-3H3. The van der Waals surface area contributed by atoms with Gasteiger partial charge in [0, 0.05) is 5.75 Å². The first-order valence-electron chi connectivity index (χ1n) is 5.41. The van der Waals surface area contributed by atoms with E-state index in [0.29, 0.717) is 0 Å². The van der Waals surface area contributed by atoms with Gasteiger partial charge in [0.25, 0.3) is 0 Å². The van der Waals surface area contributed by atoms with Gasteiger partial charge in [0.2, 0.25) is 0 Å². The summed E-state index contributed by atoms with van der Waals surface area (Å²) in [7, 11) is 0. The molecule has 0 amide bonds. The molecule has 4 heteroatoms. The van der Waals surface area contributed by atoms with Crippen LogP contribution in [0.15, 0.2) is 47.9 Å². The molecule has 0 spiro atoms. The van der Waals surface area contributed by atoms with Gasteiger partial charge in [-0.05, 0) is 25.5 Å². The van der Waals surface area contributed by atoms with E-state index < -0.39 is 0 Å². The maximum Gasteiger partial charge on any atom is 0.195 e. The van der Waals surface area contributed by atoms with E-state index in [2.05, 4.69) is 35.8 Å². The van der Waals surface area contributed by atoms with Crippen LogP contribution in [-0.4, -0.2) is 20.5 Å². The predicted molar refractivity (Wildman–Crippen MR) is 71.6 cm³/mol. The maximum atomic E-state index is 4.14. The monoisotopic (exact) mass is 245 g/mol. The van der Waals surface area contributed by atoms with Crippen LogP contribution in [-0.2, 0) is 0 Å². The first-order valence-corrected chi connectivity index (χ1v) is 6.40. The minimum absolute atomic E-state index is 0.866.